The lowest BCUT2D eigenvalue weighted by molar-refractivity contribution is 0.231. The van der Waals surface area contributed by atoms with Crippen molar-refractivity contribution >= 4 is 0 Å². The summed E-state index contributed by atoms with van der Waals surface area (Å²) in [6.07, 6.45) is 2.55. The van der Waals surface area contributed by atoms with E-state index in [4.69, 9.17) is 4.74 Å². The van der Waals surface area contributed by atoms with Gasteiger partial charge in [-0.2, -0.15) is 0 Å². The number of hydrogen-bond donors (Lipinski definition) is 0. The molecule has 0 N–H and O–H groups in total. The predicted octanol–water partition coefficient (Wildman–Crippen LogP) is 2.61. The Hall–Kier alpha value is -1.09. The van der Waals surface area contributed by atoms with Gasteiger partial charge in [-0.25, -0.2) is 4.39 Å². The zero-order chi connectivity index (χ0) is 11.4. The Morgan fingerprint density at radius 1 is 1.31 bits per heavy atom. The Balaban J connectivity index is 1.82. The van der Waals surface area contributed by atoms with Gasteiger partial charge in [-0.15, -0.1) is 0 Å². The lowest BCUT2D eigenvalue weighted by Gasteiger charge is -2.15. The SMILES string of the molecule is Cc1cccc(OCCN2CCCC2)c1F. The highest BCUT2D eigenvalue weighted by molar-refractivity contribution is 5.29. The van der Waals surface area contributed by atoms with E-state index in [2.05, 4.69) is 4.90 Å². The van der Waals surface area contributed by atoms with Crippen LogP contribution in [0.25, 0.3) is 0 Å². The molecule has 1 aliphatic heterocycles. The number of likely N-dealkylation sites (tertiary alicyclic amines) is 1. The van der Waals surface area contributed by atoms with Crippen LogP contribution in [0.15, 0.2) is 18.2 Å². The number of hydrogen-bond acceptors (Lipinski definition) is 2. The Morgan fingerprint density at radius 2 is 2.06 bits per heavy atom. The number of halogens is 1. The van der Waals surface area contributed by atoms with Gasteiger partial charge in [-0.05, 0) is 44.5 Å². The average Bonchev–Trinajstić information content (AvgIpc) is 2.77. The van der Waals surface area contributed by atoms with E-state index in [1.165, 1.54) is 12.8 Å². The Bertz CT molecular complexity index is 348. The zero-order valence-corrected chi connectivity index (χ0v) is 9.71. The van der Waals surface area contributed by atoms with E-state index < -0.39 is 0 Å². The third-order valence-corrected chi connectivity index (χ3v) is 3.02. The minimum atomic E-state index is -0.232. The summed E-state index contributed by atoms with van der Waals surface area (Å²) >= 11 is 0. The molecule has 2 nitrogen and oxygen atoms in total. The first-order valence-corrected chi connectivity index (χ1v) is 5.87. The van der Waals surface area contributed by atoms with Crippen molar-refractivity contribution in [1.29, 1.82) is 0 Å². The molecule has 1 aliphatic rings. The van der Waals surface area contributed by atoms with Gasteiger partial charge in [0.1, 0.15) is 6.61 Å². The van der Waals surface area contributed by atoms with Crippen LogP contribution >= 0.6 is 0 Å². The van der Waals surface area contributed by atoms with E-state index >= 15 is 0 Å². The van der Waals surface area contributed by atoms with Gasteiger partial charge in [0.15, 0.2) is 11.6 Å². The minimum Gasteiger partial charge on any atom is -0.489 e. The van der Waals surface area contributed by atoms with Crippen molar-refractivity contribution in [3.05, 3.63) is 29.6 Å². The summed E-state index contributed by atoms with van der Waals surface area (Å²) in [4.78, 5) is 2.35. The van der Waals surface area contributed by atoms with Crippen molar-refractivity contribution in [2.75, 3.05) is 26.2 Å². The molecule has 0 bridgehead atoms. The monoisotopic (exact) mass is 223 g/mol. The fourth-order valence-corrected chi connectivity index (χ4v) is 2.02. The molecule has 1 saturated heterocycles. The Labute approximate surface area is 96.0 Å². The third kappa shape index (κ3) is 2.73. The molecule has 0 aliphatic carbocycles. The van der Waals surface area contributed by atoms with Gasteiger partial charge >= 0.3 is 0 Å². The highest BCUT2D eigenvalue weighted by Crippen LogP contribution is 2.19. The molecule has 0 aromatic heterocycles. The molecule has 1 aromatic rings. The standard InChI is InChI=1S/C13H18FNO/c1-11-5-4-6-12(13(11)14)16-10-9-15-7-2-3-8-15/h4-6H,2-3,7-10H2,1H3. The molecular formula is C13H18FNO. The van der Waals surface area contributed by atoms with Gasteiger partial charge < -0.3 is 4.74 Å². The Morgan fingerprint density at radius 3 is 2.81 bits per heavy atom. The minimum absolute atomic E-state index is 0.232. The average molecular weight is 223 g/mol. The van der Waals surface area contributed by atoms with Crippen LogP contribution in [0.5, 0.6) is 5.75 Å². The van der Waals surface area contributed by atoms with Crippen molar-refractivity contribution in [3.8, 4) is 5.75 Å². The number of benzene rings is 1. The van der Waals surface area contributed by atoms with Gasteiger partial charge in [0.25, 0.3) is 0 Å². The van der Waals surface area contributed by atoms with Crippen LogP contribution in [-0.2, 0) is 0 Å². The van der Waals surface area contributed by atoms with Crippen LogP contribution in [0.1, 0.15) is 18.4 Å². The largest absolute Gasteiger partial charge is 0.489 e. The van der Waals surface area contributed by atoms with Crippen molar-refractivity contribution in [3.63, 3.8) is 0 Å². The van der Waals surface area contributed by atoms with Crippen LogP contribution in [0, 0.1) is 12.7 Å². The van der Waals surface area contributed by atoms with Crippen molar-refractivity contribution in [2.24, 2.45) is 0 Å². The predicted molar refractivity (Wildman–Crippen MR) is 62.3 cm³/mol. The summed E-state index contributed by atoms with van der Waals surface area (Å²) in [6.45, 7) is 5.52. The molecule has 16 heavy (non-hydrogen) atoms. The fraction of sp³-hybridized carbons (Fsp3) is 0.538. The van der Waals surface area contributed by atoms with Crippen LogP contribution in [0.4, 0.5) is 4.39 Å². The summed E-state index contributed by atoms with van der Waals surface area (Å²) in [7, 11) is 0. The van der Waals surface area contributed by atoms with Crippen LogP contribution in [0.2, 0.25) is 0 Å². The van der Waals surface area contributed by atoms with Gasteiger partial charge in [0.2, 0.25) is 0 Å². The number of nitrogens with zero attached hydrogens (tertiary/aromatic N) is 1. The molecule has 1 fully saturated rings. The molecule has 0 unspecified atom stereocenters. The molecule has 1 heterocycles. The maximum absolute atomic E-state index is 13.6. The highest BCUT2D eigenvalue weighted by Gasteiger charge is 2.11. The molecule has 0 amide bonds. The maximum Gasteiger partial charge on any atom is 0.167 e. The molecule has 1 aromatic carbocycles. The van der Waals surface area contributed by atoms with Gasteiger partial charge in [-0.3, -0.25) is 4.90 Å². The Kier molecular flexibility index (Phi) is 3.78. The first-order chi connectivity index (χ1) is 7.77. The van der Waals surface area contributed by atoms with Crippen LogP contribution in [0.3, 0.4) is 0 Å². The summed E-state index contributed by atoms with van der Waals surface area (Å²) < 4.78 is 19.0. The van der Waals surface area contributed by atoms with E-state index in [-0.39, 0.29) is 5.82 Å². The highest BCUT2D eigenvalue weighted by atomic mass is 19.1. The maximum atomic E-state index is 13.6. The summed E-state index contributed by atoms with van der Waals surface area (Å²) in [5.74, 6) is 0.142. The van der Waals surface area contributed by atoms with E-state index in [0.717, 1.165) is 19.6 Å². The molecule has 0 spiro atoms. The summed E-state index contributed by atoms with van der Waals surface area (Å²) in [6, 6.07) is 5.26. The lowest BCUT2D eigenvalue weighted by Crippen LogP contribution is -2.25. The second kappa shape index (κ2) is 5.30. The topological polar surface area (TPSA) is 12.5 Å². The van der Waals surface area contributed by atoms with E-state index in [1.54, 1.807) is 19.1 Å². The van der Waals surface area contributed by atoms with Crippen molar-refractivity contribution in [2.45, 2.75) is 19.8 Å². The molecule has 3 heteroatoms. The van der Waals surface area contributed by atoms with Crippen LogP contribution < -0.4 is 4.74 Å². The number of aryl methyl sites for hydroxylation is 1. The summed E-state index contributed by atoms with van der Waals surface area (Å²) in [5, 5.41) is 0. The second-order valence-corrected chi connectivity index (χ2v) is 4.28. The van der Waals surface area contributed by atoms with Gasteiger partial charge in [-0.1, -0.05) is 12.1 Å². The van der Waals surface area contributed by atoms with Gasteiger partial charge in [0.05, 0.1) is 0 Å². The molecular weight excluding hydrogens is 205 g/mol. The fourth-order valence-electron chi connectivity index (χ4n) is 2.02. The third-order valence-electron chi connectivity index (χ3n) is 3.02. The first kappa shape index (κ1) is 11.4. The zero-order valence-electron chi connectivity index (χ0n) is 9.71. The van der Waals surface area contributed by atoms with E-state index in [1.807, 2.05) is 6.07 Å². The van der Waals surface area contributed by atoms with E-state index in [9.17, 15) is 4.39 Å². The molecule has 0 atom stereocenters. The molecule has 88 valence electrons. The summed E-state index contributed by atoms with van der Waals surface area (Å²) in [5.41, 5.74) is 0.638. The number of rotatable bonds is 4. The lowest BCUT2D eigenvalue weighted by atomic mass is 10.2. The molecule has 0 radical (unpaired) electrons. The number of ether oxygens (including phenoxy) is 1. The normalized spacial score (nSPS) is 16.6. The van der Waals surface area contributed by atoms with Crippen LogP contribution in [-0.4, -0.2) is 31.1 Å². The first-order valence-electron chi connectivity index (χ1n) is 5.87. The smallest absolute Gasteiger partial charge is 0.167 e. The quantitative estimate of drug-likeness (QED) is 0.778. The van der Waals surface area contributed by atoms with Gasteiger partial charge in [0, 0.05) is 6.54 Å². The second-order valence-electron chi connectivity index (χ2n) is 4.28. The molecule has 0 saturated carbocycles. The molecule has 2 rings (SSSR count). The van der Waals surface area contributed by atoms with E-state index in [0.29, 0.717) is 17.9 Å². The van der Waals surface area contributed by atoms with Crippen molar-refractivity contribution < 1.29 is 9.13 Å². The van der Waals surface area contributed by atoms with Crippen molar-refractivity contribution in [1.82, 2.24) is 4.90 Å².